The molecule has 3 aromatic rings. The van der Waals surface area contributed by atoms with E-state index in [0.717, 1.165) is 42.0 Å². The fourth-order valence-electron chi connectivity index (χ4n) is 4.38. The molecule has 3 heterocycles. The molecule has 2 aliphatic heterocycles. The molecule has 3 N–H and O–H groups in total. The molecule has 1 fully saturated rings. The summed E-state index contributed by atoms with van der Waals surface area (Å²) in [7, 11) is 2.12. The second-order valence-corrected chi connectivity index (χ2v) is 8.48. The zero-order valence-electron chi connectivity index (χ0n) is 17.4. The summed E-state index contributed by atoms with van der Waals surface area (Å²) in [6, 6.07) is 11.5. The summed E-state index contributed by atoms with van der Waals surface area (Å²) in [5.41, 5.74) is 11.0. The summed E-state index contributed by atoms with van der Waals surface area (Å²) in [5.74, 6) is 0.329. The van der Waals surface area contributed by atoms with Crippen molar-refractivity contribution < 1.29 is 9.18 Å². The minimum absolute atomic E-state index is 0.200. The van der Waals surface area contributed by atoms with Crippen LogP contribution in [0.2, 0.25) is 0 Å². The van der Waals surface area contributed by atoms with Gasteiger partial charge in [-0.3, -0.25) is 4.68 Å². The van der Waals surface area contributed by atoms with Crippen molar-refractivity contribution in [3.05, 3.63) is 65.7 Å². The number of nitrogens with two attached hydrogens (primary N) is 1. The normalized spacial score (nSPS) is 16.3. The monoisotopic (exact) mass is 420 g/mol. The Kier molecular flexibility index (Phi) is 4.86. The van der Waals surface area contributed by atoms with Crippen molar-refractivity contribution >= 4 is 17.4 Å². The molecule has 160 valence electrons. The van der Waals surface area contributed by atoms with E-state index in [1.165, 1.54) is 12.1 Å². The van der Waals surface area contributed by atoms with Crippen molar-refractivity contribution in [3.8, 4) is 11.1 Å². The Morgan fingerprint density at radius 1 is 1.16 bits per heavy atom. The maximum absolute atomic E-state index is 13.2. The molecule has 0 bridgehead atoms. The number of urea groups is 1. The zero-order chi connectivity index (χ0) is 21.5. The molecule has 0 unspecified atom stereocenters. The average Bonchev–Trinajstić information content (AvgIpc) is 3.31. The van der Waals surface area contributed by atoms with Gasteiger partial charge in [0.05, 0.1) is 36.4 Å². The van der Waals surface area contributed by atoms with Crippen LogP contribution in [0.3, 0.4) is 0 Å². The summed E-state index contributed by atoms with van der Waals surface area (Å²) >= 11 is 0. The number of anilines is 2. The number of carbonyl (C=O) groups is 1. The van der Waals surface area contributed by atoms with Crippen LogP contribution in [-0.4, -0.2) is 45.7 Å². The van der Waals surface area contributed by atoms with Crippen LogP contribution in [0.1, 0.15) is 11.3 Å². The third-order valence-corrected chi connectivity index (χ3v) is 6.07. The maximum atomic E-state index is 13.2. The third-order valence-electron chi connectivity index (χ3n) is 6.07. The number of aromatic nitrogens is 2. The Labute approximate surface area is 180 Å². The van der Waals surface area contributed by atoms with Gasteiger partial charge >= 0.3 is 6.03 Å². The number of fused-ring (bicyclic) bond motifs is 1. The van der Waals surface area contributed by atoms with E-state index in [1.807, 2.05) is 23.0 Å². The lowest BCUT2D eigenvalue weighted by molar-refractivity contribution is 0.114. The molecule has 0 radical (unpaired) electrons. The Hall–Kier alpha value is -3.39. The first-order valence-electron chi connectivity index (χ1n) is 10.4. The fourth-order valence-corrected chi connectivity index (χ4v) is 4.38. The topological polar surface area (TPSA) is 79.4 Å². The molecule has 0 aliphatic carbocycles. The van der Waals surface area contributed by atoms with Crippen molar-refractivity contribution in [1.82, 2.24) is 19.6 Å². The van der Waals surface area contributed by atoms with E-state index < -0.39 is 0 Å². The van der Waals surface area contributed by atoms with Crippen molar-refractivity contribution in [2.75, 3.05) is 31.2 Å². The lowest BCUT2D eigenvalue weighted by Crippen LogP contribution is -2.45. The second-order valence-electron chi connectivity index (χ2n) is 8.48. The average molecular weight is 420 g/mol. The Balaban J connectivity index is 1.27. The van der Waals surface area contributed by atoms with E-state index in [1.54, 1.807) is 23.1 Å². The maximum Gasteiger partial charge on any atom is 0.322 e. The third kappa shape index (κ3) is 3.86. The highest BCUT2D eigenvalue weighted by Gasteiger charge is 2.30. The number of nitrogen functional groups attached to an aromatic ring is 1. The zero-order valence-corrected chi connectivity index (χ0v) is 17.4. The van der Waals surface area contributed by atoms with E-state index >= 15 is 0 Å². The number of hydrogen-bond acceptors (Lipinski definition) is 4. The number of nitrogens with one attached hydrogen (secondary N) is 1. The van der Waals surface area contributed by atoms with Crippen LogP contribution in [-0.2, 0) is 19.6 Å². The van der Waals surface area contributed by atoms with E-state index in [2.05, 4.69) is 22.4 Å². The van der Waals surface area contributed by atoms with Gasteiger partial charge in [-0.2, -0.15) is 5.10 Å². The van der Waals surface area contributed by atoms with Crippen LogP contribution in [0.25, 0.3) is 11.1 Å². The minimum atomic E-state index is -0.288. The summed E-state index contributed by atoms with van der Waals surface area (Å²) in [5, 5.41) is 7.46. The highest BCUT2D eigenvalue weighted by atomic mass is 19.1. The van der Waals surface area contributed by atoms with E-state index in [0.29, 0.717) is 30.4 Å². The number of nitrogens with zero attached hydrogens (tertiary/aromatic N) is 4. The number of rotatable bonds is 4. The SMILES string of the molecule is CN1CC(Cn2ncc3c2CN(C(=O)Nc2cc(-c4ccc(F)cc4)ccc2N)C3)C1. The van der Waals surface area contributed by atoms with Crippen molar-refractivity contribution in [1.29, 1.82) is 0 Å². The predicted molar refractivity (Wildman–Crippen MR) is 118 cm³/mol. The Morgan fingerprint density at radius 3 is 2.65 bits per heavy atom. The molecule has 0 spiro atoms. The lowest BCUT2D eigenvalue weighted by Gasteiger charge is -2.36. The predicted octanol–water partition coefficient (Wildman–Crippen LogP) is 3.38. The van der Waals surface area contributed by atoms with Gasteiger partial charge in [-0.15, -0.1) is 0 Å². The van der Waals surface area contributed by atoms with Crippen LogP contribution < -0.4 is 11.1 Å². The van der Waals surface area contributed by atoms with Crippen LogP contribution >= 0.6 is 0 Å². The van der Waals surface area contributed by atoms with Crippen LogP contribution in [0.15, 0.2) is 48.7 Å². The molecule has 2 amide bonds. The van der Waals surface area contributed by atoms with Crippen LogP contribution in [0, 0.1) is 11.7 Å². The quantitative estimate of drug-likeness (QED) is 0.634. The van der Waals surface area contributed by atoms with Crippen molar-refractivity contribution in [2.24, 2.45) is 5.92 Å². The molecule has 5 rings (SSSR count). The lowest BCUT2D eigenvalue weighted by atomic mass is 10.0. The summed E-state index contributed by atoms with van der Waals surface area (Å²) in [4.78, 5) is 17.0. The number of hydrogen-bond donors (Lipinski definition) is 2. The van der Waals surface area contributed by atoms with E-state index in [-0.39, 0.29) is 11.8 Å². The van der Waals surface area contributed by atoms with Crippen molar-refractivity contribution in [2.45, 2.75) is 19.6 Å². The number of carbonyl (C=O) groups excluding carboxylic acids is 1. The van der Waals surface area contributed by atoms with Gasteiger partial charge in [-0.25, -0.2) is 9.18 Å². The number of halogens is 1. The molecule has 2 aliphatic rings. The number of likely N-dealkylation sites (tertiary alicyclic amines) is 1. The van der Waals surface area contributed by atoms with Gasteiger partial charge in [0, 0.05) is 31.1 Å². The van der Waals surface area contributed by atoms with Gasteiger partial charge in [-0.1, -0.05) is 18.2 Å². The molecule has 7 nitrogen and oxygen atoms in total. The highest BCUT2D eigenvalue weighted by Crippen LogP contribution is 2.29. The molecule has 0 atom stereocenters. The van der Waals surface area contributed by atoms with Gasteiger partial charge < -0.3 is 20.9 Å². The molecular formula is C23H25FN6O. The Morgan fingerprint density at radius 2 is 1.90 bits per heavy atom. The molecule has 1 aromatic heterocycles. The van der Waals surface area contributed by atoms with E-state index in [9.17, 15) is 9.18 Å². The highest BCUT2D eigenvalue weighted by molar-refractivity contribution is 5.94. The largest absolute Gasteiger partial charge is 0.397 e. The van der Waals surface area contributed by atoms with Gasteiger partial charge in [0.2, 0.25) is 0 Å². The van der Waals surface area contributed by atoms with Gasteiger partial charge in [0.25, 0.3) is 0 Å². The Bertz CT molecular complexity index is 1120. The minimum Gasteiger partial charge on any atom is -0.397 e. The number of amides is 2. The van der Waals surface area contributed by atoms with Crippen LogP contribution in [0.4, 0.5) is 20.6 Å². The first-order valence-corrected chi connectivity index (χ1v) is 10.4. The smallest absolute Gasteiger partial charge is 0.322 e. The first-order chi connectivity index (χ1) is 15.0. The molecule has 0 saturated carbocycles. The molecule has 2 aromatic carbocycles. The summed E-state index contributed by atoms with van der Waals surface area (Å²) in [6.45, 7) is 4.12. The number of benzene rings is 2. The van der Waals surface area contributed by atoms with Gasteiger partial charge in [0.15, 0.2) is 0 Å². The summed E-state index contributed by atoms with van der Waals surface area (Å²) < 4.78 is 15.3. The summed E-state index contributed by atoms with van der Waals surface area (Å²) in [6.07, 6.45) is 1.87. The molecule has 31 heavy (non-hydrogen) atoms. The van der Waals surface area contributed by atoms with Crippen LogP contribution in [0.5, 0.6) is 0 Å². The molecule has 1 saturated heterocycles. The van der Waals surface area contributed by atoms with Gasteiger partial charge in [0.1, 0.15) is 5.82 Å². The second kappa shape index (κ2) is 7.70. The van der Waals surface area contributed by atoms with E-state index in [4.69, 9.17) is 5.73 Å². The fraction of sp³-hybridized carbons (Fsp3) is 0.304. The molecular weight excluding hydrogens is 395 g/mol. The van der Waals surface area contributed by atoms with Gasteiger partial charge in [-0.05, 0) is 42.4 Å². The standard InChI is InChI=1S/C23H25FN6O/c1-28-10-15(11-28)12-30-22-14-29(13-18(22)9-26-30)23(31)27-21-8-17(4-7-20(21)25)16-2-5-19(24)6-3-16/h2-9,15H,10-14,25H2,1H3,(H,27,31). The molecule has 8 heteroatoms. The van der Waals surface area contributed by atoms with Crippen molar-refractivity contribution in [3.63, 3.8) is 0 Å². The first kappa shape index (κ1) is 19.6.